The van der Waals surface area contributed by atoms with Crippen LogP contribution in [0.25, 0.3) is 10.9 Å². The van der Waals surface area contributed by atoms with Crippen molar-refractivity contribution >= 4 is 22.7 Å². The summed E-state index contributed by atoms with van der Waals surface area (Å²) in [6.45, 7) is 9.87. The Hall–Kier alpha value is -3.22. The number of piperidine rings is 1. The maximum absolute atomic E-state index is 13.3. The van der Waals surface area contributed by atoms with Gasteiger partial charge in [-0.2, -0.15) is 5.10 Å². The molecule has 0 saturated carbocycles. The highest BCUT2D eigenvalue weighted by molar-refractivity contribution is 5.97. The van der Waals surface area contributed by atoms with E-state index in [1.165, 1.54) is 5.56 Å². The van der Waals surface area contributed by atoms with Crippen LogP contribution in [-0.2, 0) is 11.3 Å². The molecule has 2 aromatic heterocycles. The summed E-state index contributed by atoms with van der Waals surface area (Å²) >= 11 is 0. The number of fused-ring (bicyclic) bond motifs is 1. The lowest BCUT2D eigenvalue weighted by molar-refractivity contribution is -0.136. The number of likely N-dealkylation sites (tertiary alicyclic amines) is 1. The van der Waals surface area contributed by atoms with Crippen molar-refractivity contribution in [2.45, 2.75) is 53.0 Å². The second kappa shape index (κ2) is 8.73. The summed E-state index contributed by atoms with van der Waals surface area (Å²) in [7, 11) is 0. The topological polar surface area (TPSA) is 94.1 Å². The normalized spacial score (nSPS) is 17.5. The molecule has 1 aliphatic heterocycles. The molecule has 0 unspecified atom stereocenters. The highest BCUT2D eigenvalue weighted by Crippen LogP contribution is 2.31. The second-order valence-corrected chi connectivity index (χ2v) is 8.98. The van der Waals surface area contributed by atoms with Gasteiger partial charge in [-0.1, -0.05) is 25.1 Å². The quantitative estimate of drug-likeness (QED) is 0.666. The Labute approximate surface area is 188 Å². The lowest BCUT2D eigenvalue weighted by Gasteiger charge is -2.34. The van der Waals surface area contributed by atoms with Crippen molar-refractivity contribution in [2.75, 3.05) is 13.1 Å². The number of nitrogens with two attached hydrogens (primary N) is 1. The van der Waals surface area contributed by atoms with Crippen LogP contribution in [0.2, 0.25) is 0 Å². The van der Waals surface area contributed by atoms with Gasteiger partial charge in [-0.3, -0.25) is 19.3 Å². The highest BCUT2D eigenvalue weighted by atomic mass is 16.2. The first kappa shape index (κ1) is 22.0. The summed E-state index contributed by atoms with van der Waals surface area (Å²) < 4.78 is 1.94. The Kier molecular flexibility index (Phi) is 6.00. The molecule has 1 aromatic carbocycles. The van der Waals surface area contributed by atoms with E-state index in [4.69, 9.17) is 10.7 Å². The minimum Gasteiger partial charge on any atom is -0.366 e. The molecule has 1 fully saturated rings. The fourth-order valence-corrected chi connectivity index (χ4v) is 4.65. The number of carbonyl (C=O) groups is 2. The molecule has 3 aromatic rings. The van der Waals surface area contributed by atoms with Crippen LogP contribution < -0.4 is 5.73 Å². The van der Waals surface area contributed by atoms with Crippen LogP contribution in [0, 0.1) is 26.7 Å². The van der Waals surface area contributed by atoms with Gasteiger partial charge in [0.1, 0.15) is 0 Å². The molecular formula is C25H31N5O2. The van der Waals surface area contributed by atoms with E-state index in [-0.39, 0.29) is 17.7 Å². The smallest absolute Gasteiger partial charge is 0.250 e. The number of primary amides is 1. The van der Waals surface area contributed by atoms with Crippen molar-refractivity contribution in [2.24, 2.45) is 11.7 Å². The number of rotatable bonds is 5. The third-order valence-electron chi connectivity index (χ3n) is 6.75. The summed E-state index contributed by atoms with van der Waals surface area (Å²) in [5.41, 5.74) is 11.0. The van der Waals surface area contributed by atoms with Crippen LogP contribution in [0.4, 0.5) is 0 Å². The van der Waals surface area contributed by atoms with Crippen molar-refractivity contribution in [3.63, 3.8) is 0 Å². The molecule has 0 aliphatic carbocycles. The van der Waals surface area contributed by atoms with Crippen molar-refractivity contribution in [1.82, 2.24) is 19.7 Å². The van der Waals surface area contributed by atoms with Gasteiger partial charge in [0.25, 0.3) is 5.91 Å². The van der Waals surface area contributed by atoms with Crippen LogP contribution in [-0.4, -0.2) is 44.6 Å². The van der Waals surface area contributed by atoms with E-state index in [0.717, 1.165) is 41.7 Å². The molecule has 0 radical (unpaired) electrons. The molecule has 1 aliphatic rings. The number of hydrogen-bond acceptors (Lipinski definition) is 4. The summed E-state index contributed by atoms with van der Waals surface area (Å²) in [5, 5.41) is 5.48. The number of aromatic nitrogens is 3. The average Bonchev–Trinajstić information content (AvgIpc) is 3.04. The predicted molar refractivity (Wildman–Crippen MR) is 124 cm³/mol. The molecule has 0 bridgehead atoms. The molecule has 2 amide bonds. The van der Waals surface area contributed by atoms with E-state index in [9.17, 15) is 9.59 Å². The van der Waals surface area contributed by atoms with Crippen molar-refractivity contribution in [1.29, 1.82) is 0 Å². The van der Waals surface area contributed by atoms with E-state index in [1.807, 2.05) is 60.7 Å². The maximum atomic E-state index is 13.3. The monoisotopic (exact) mass is 433 g/mol. The van der Waals surface area contributed by atoms with Crippen LogP contribution in [0.5, 0.6) is 0 Å². The lowest BCUT2D eigenvalue weighted by Crippen LogP contribution is -2.43. The molecule has 168 valence electrons. The zero-order valence-electron chi connectivity index (χ0n) is 19.3. The molecule has 7 heteroatoms. The number of pyridine rings is 1. The molecule has 2 N–H and O–H groups in total. The molecule has 1 saturated heterocycles. The predicted octanol–water partition coefficient (Wildman–Crippen LogP) is 3.50. The summed E-state index contributed by atoms with van der Waals surface area (Å²) in [6, 6.07) is 9.54. The van der Waals surface area contributed by atoms with E-state index >= 15 is 0 Å². The van der Waals surface area contributed by atoms with Gasteiger partial charge in [0.2, 0.25) is 5.91 Å². The van der Waals surface area contributed by atoms with E-state index in [2.05, 4.69) is 12.0 Å². The fourth-order valence-electron chi connectivity index (χ4n) is 4.65. The average molecular weight is 434 g/mol. The number of nitrogens with zero attached hydrogens (tertiary/aromatic N) is 4. The Morgan fingerprint density at radius 1 is 1.22 bits per heavy atom. The van der Waals surface area contributed by atoms with Crippen molar-refractivity contribution in [3.8, 4) is 0 Å². The zero-order chi connectivity index (χ0) is 23.0. The fraction of sp³-hybridized carbons (Fsp3) is 0.440. The first-order chi connectivity index (χ1) is 15.3. The summed E-state index contributed by atoms with van der Waals surface area (Å²) in [5.74, 6) is -0.564. The number of para-hydroxylation sites is 1. The highest BCUT2D eigenvalue weighted by Gasteiger charge is 2.31. The molecule has 7 nitrogen and oxygen atoms in total. The van der Waals surface area contributed by atoms with Gasteiger partial charge < -0.3 is 10.6 Å². The molecular weight excluding hydrogens is 402 g/mol. The Balaban J connectivity index is 1.55. The summed E-state index contributed by atoms with van der Waals surface area (Å²) in [4.78, 5) is 32.2. The van der Waals surface area contributed by atoms with Gasteiger partial charge in [-0.15, -0.1) is 0 Å². The van der Waals surface area contributed by atoms with Crippen LogP contribution >= 0.6 is 0 Å². The SMILES string of the molecule is Cc1nn(C[C@H](C)C(=O)N2CCC[C@H](c3nc4ccccc4cc3C(N)=O)C2)c(C)c1C. The lowest BCUT2D eigenvalue weighted by atomic mass is 9.90. The van der Waals surface area contributed by atoms with Crippen LogP contribution in [0.3, 0.4) is 0 Å². The third kappa shape index (κ3) is 4.11. The molecule has 4 rings (SSSR count). The van der Waals surface area contributed by atoms with Crippen LogP contribution in [0.1, 0.15) is 58.7 Å². The number of carbonyl (C=O) groups excluding carboxylic acids is 2. The summed E-state index contributed by atoms with van der Waals surface area (Å²) in [6.07, 6.45) is 1.75. The van der Waals surface area contributed by atoms with Crippen molar-refractivity contribution in [3.05, 3.63) is 58.5 Å². The first-order valence-electron chi connectivity index (χ1n) is 11.2. The second-order valence-electron chi connectivity index (χ2n) is 8.98. The largest absolute Gasteiger partial charge is 0.366 e. The van der Waals surface area contributed by atoms with Gasteiger partial charge in [0.05, 0.1) is 34.9 Å². The minimum absolute atomic E-state index is 0.0112. The van der Waals surface area contributed by atoms with Crippen LogP contribution in [0.15, 0.2) is 30.3 Å². The van der Waals surface area contributed by atoms with Gasteiger partial charge in [-0.25, -0.2) is 0 Å². The Bertz CT molecular complexity index is 1180. The zero-order valence-corrected chi connectivity index (χ0v) is 19.3. The Morgan fingerprint density at radius 3 is 2.66 bits per heavy atom. The van der Waals surface area contributed by atoms with E-state index in [0.29, 0.717) is 24.3 Å². The minimum atomic E-state index is -0.477. The maximum Gasteiger partial charge on any atom is 0.250 e. The number of amides is 2. The van der Waals surface area contributed by atoms with Gasteiger partial charge in [0, 0.05) is 30.1 Å². The van der Waals surface area contributed by atoms with Crippen molar-refractivity contribution < 1.29 is 9.59 Å². The van der Waals surface area contributed by atoms with Gasteiger partial charge >= 0.3 is 0 Å². The third-order valence-corrected chi connectivity index (χ3v) is 6.75. The number of benzene rings is 1. The first-order valence-corrected chi connectivity index (χ1v) is 11.2. The molecule has 2 atom stereocenters. The molecule has 0 spiro atoms. The molecule has 32 heavy (non-hydrogen) atoms. The van der Waals surface area contributed by atoms with E-state index in [1.54, 1.807) is 0 Å². The van der Waals surface area contributed by atoms with Gasteiger partial charge in [-0.05, 0) is 51.3 Å². The van der Waals surface area contributed by atoms with Gasteiger partial charge in [0.15, 0.2) is 0 Å². The van der Waals surface area contributed by atoms with E-state index < -0.39 is 5.91 Å². The number of aryl methyl sites for hydroxylation is 1. The standard InChI is InChI=1S/C25H31N5O2/c1-15(13-30-18(4)16(2)17(3)28-30)25(32)29-11-7-9-20(14-29)23-21(24(26)31)12-19-8-5-6-10-22(19)27-23/h5-6,8,10,12,15,20H,7,9,11,13-14H2,1-4H3,(H2,26,31)/t15-,20-/m0/s1. The Morgan fingerprint density at radius 2 is 1.97 bits per heavy atom. The molecule has 3 heterocycles. The number of hydrogen-bond donors (Lipinski definition) is 1.